The van der Waals surface area contributed by atoms with E-state index in [-0.39, 0.29) is 11.5 Å². The number of carbonyl (C=O) groups is 2. The topological polar surface area (TPSA) is 59.5 Å². The summed E-state index contributed by atoms with van der Waals surface area (Å²) in [6.07, 6.45) is 2.25. The van der Waals surface area contributed by atoms with Gasteiger partial charge in [0.1, 0.15) is 4.88 Å². The molecule has 0 atom stereocenters. The molecule has 0 aromatic carbocycles. The van der Waals surface area contributed by atoms with Crippen molar-refractivity contribution in [3.63, 3.8) is 0 Å². The maximum atomic E-state index is 11.7. The van der Waals surface area contributed by atoms with E-state index in [1.807, 2.05) is 0 Å². The first kappa shape index (κ1) is 15.9. The zero-order valence-electron chi connectivity index (χ0n) is 13.0. The van der Waals surface area contributed by atoms with Gasteiger partial charge >= 0.3 is 5.97 Å². The van der Waals surface area contributed by atoms with Crippen LogP contribution in [0.3, 0.4) is 0 Å². The number of ether oxygens (including phenoxy) is 1. The number of piperidine rings is 1. The molecule has 21 heavy (non-hydrogen) atoms. The van der Waals surface area contributed by atoms with Gasteiger partial charge in [-0.3, -0.25) is 4.79 Å². The second-order valence-electron chi connectivity index (χ2n) is 5.79. The molecule has 6 heteroatoms. The van der Waals surface area contributed by atoms with E-state index in [1.165, 1.54) is 25.4 Å². The Hall–Kier alpha value is -1.43. The van der Waals surface area contributed by atoms with E-state index < -0.39 is 5.97 Å². The molecule has 1 aromatic heterocycles. The number of carbonyl (C=O) groups excluding carboxylic acids is 2. The Labute approximate surface area is 129 Å². The van der Waals surface area contributed by atoms with Crippen molar-refractivity contribution in [1.82, 2.24) is 4.98 Å². The number of hydrogen-bond acceptors (Lipinski definition) is 6. The lowest BCUT2D eigenvalue weighted by atomic mass is 9.87. The molecule has 1 aliphatic rings. The minimum Gasteiger partial charge on any atom is -0.464 e. The Morgan fingerprint density at radius 3 is 2.43 bits per heavy atom. The van der Waals surface area contributed by atoms with Gasteiger partial charge in [0.2, 0.25) is 0 Å². The van der Waals surface area contributed by atoms with Crippen LogP contribution >= 0.6 is 11.3 Å². The molecule has 0 unspecified atom stereocenters. The summed E-state index contributed by atoms with van der Waals surface area (Å²) in [6.45, 7) is 7.82. The summed E-state index contributed by atoms with van der Waals surface area (Å²) in [4.78, 5) is 30.3. The third-order valence-corrected chi connectivity index (χ3v) is 5.28. The van der Waals surface area contributed by atoms with Gasteiger partial charge in [0.25, 0.3) is 0 Å². The smallest absolute Gasteiger partial charge is 0.358 e. The van der Waals surface area contributed by atoms with Gasteiger partial charge in [-0.1, -0.05) is 25.2 Å². The second-order valence-corrected chi connectivity index (χ2v) is 6.77. The van der Waals surface area contributed by atoms with E-state index in [0.717, 1.165) is 37.0 Å². The summed E-state index contributed by atoms with van der Waals surface area (Å²) in [5, 5.41) is 0.753. The molecular weight excluding hydrogens is 288 g/mol. The second kappa shape index (κ2) is 6.56. The van der Waals surface area contributed by atoms with Gasteiger partial charge in [-0.15, -0.1) is 0 Å². The molecule has 0 N–H and O–H groups in total. The summed E-state index contributed by atoms with van der Waals surface area (Å²) in [5.74, 6) is 0.756. The first-order chi connectivity index (χ1) is 9.93. The lowest BCUT2D eigenvalue weighted by Gasteiger charge is -2.33. The number of esters is 1. The Kier molecular flexibility index (Phi) is 4.98. The van der Waals surface area contributed by atoms with E-state index in [4.69, 9.17) is 4.74 Å². The van der Waals surface area contributed by atoms with Crippen LogP contribution in [0.2, 0.25) is 0 Å². The van der Waals surface area contributed by atoms with E-state index in [1.54, 1.807) is 0 Å². The molecule has 0 bridgehead atoms. The summed E-state index contributed by atoms with van der Waals surface area (Å²) < 4.78 is 4.71. The number of anilines is 1. The quantitative estimate of drug-likeness (QED) is 0.632. The van der Waals surface area contributed by atoms with Crippen LogP contribution in [0.5, 0.6) is 0 Å². The molecule has 1 fully saturated rings. The summed E-state index contributed by atoms with van der Waals surface area (Å²) in [6, 6.07) is 0. The van der Waals surface area contributed by atoms with Crippen molar-refractivity contribution in [2.45, 2.75) is 33.6 Å². The highest BCUT2D eigenvalue weighted by molar-refractivity contribution is 7.17. The Bertz CT molecular complexity index is 531. The zero-order valence-corrected chi connectivity index (χ0v) is 13.8. The van der Waals surface area contributed by atoms with Crippen molar-refractivity contribution >= 4 is 28.2 Å². The number of hydrogen-bond donors (Lipinski definition) is 0. The molecule has 5 nitrogen and oxygen atoms in total. The molecular formula is C15H22N2O3S. The van der Waals surface area contributed by atoms with Crippen molar-refractivity contribution in [2.24, 2.45) is 11.8 Å². The molecule has 0 spiro atoms. The van der Waals surface area contributed by atoms with Gasteiger partial charge in [0.05, 0.1) is 7.11 Å². The van der Waals surface area contributed by atoms with Crippen molar-refractivity contribution in [2.75, 3.05) is 25.1 Å². The van der Waals surface area contributed by atoms with Crippen molar-refractivity contribution in [1.29, 1.82) is 0 Å². The minimum absolute atomic E-state index is 0.142. The van der Waals surface area contributed by atoms with Crippen LogP contribution in [0.25, 0.3) is 0 Å². The summed E-state index contributed by atoms with van der Waals surface area (Å²) in [5.41, 5.74) is 0.149. The lowest BCUT2D eigenvalue weighted by molar-refractivity contribution is 0.0591. The zero-order chi connectivity index (χ0) is 15.6. The average molecular weight is 310 g/mol. The summed E-state index contributed by atoms with van der Waals surface area (Å²) >= 11 is 1.29. The third-order valence-electron chi connectivity index (χ3n) is 4.07. The minimum atomic E-state index is -0.542. The maximum absolute atomic E-state index is 11.7. The molecule has 2 heterocycles. The van der Waals surface area contributed by atoms with Crippen LogP contribution in [0.1, 0.15) is 53.8 Å². The van der Waals surface area contributed by atoms with Crippen LogP contribution < -0.4 is 4.90 Å². The Morgan fingerprint density at radius 1 is 1.33 bits per heavy atom. The number of Topliss-reactive ketones (excluding diaryl/α,β-unsaturated/α-hetero) is 1. The molecule has 1 aliphatic heterocycles. The van der Waals surface area contributed by atoms with Crippen LogP contribution in [0.15, 0.2) is 0 Å². The monoisotopic (exact) mass is 310 g/mol. The molecule has 116 valence electrons. The Balaban J connectivity index is 2.18. The van der Waals surface area contributed by atoms with Gasteiger partial charge < -0.3 is 9.64 Å². The van der Waals surface area contributed by atoms with Crippen molar-refractivity contribution < 1.29 is 14.3 Å². The van der Waals surface area contributed by atoms with E-state index in [9.17, 15) is 9.59 Å². The highest BCUT2D eigenvalue weighted by atomic mass is 32.1. The fraction of sp³-hybridized carbons (Fsp3) is 0.667. The summed E-state index contributed by atoms with van der Waals surface area (Å²) in [7, 11) is 1.30. The van der Waals surface area contributed by atoms with Crippen LogP contribution in [0, 0.1) is 11.8 Å². The highest BCUT2D eigenvalue weighted by Gasteiger charge is 2.27. The molecule has 2 rings (SSSR count). The molecule has 1 saturated heterocycles. The third kappa shape index (κ3) is 3.43. The average Bonchev–Trinajstić information content (AvgIpc) is 2.92. The number of aromatic nitrogens is 1. The van der Waals surface area contributed by atoms with Gasteiger partial charge in [-0.2, -0.15) is 0 Å². The molecule has 0 amide bonds. The number of thiazole rings is 1. The first-order valence-electron chi connectivity index (χ1n) is 7.29. The molecule has 0 radical (unpaired) electrons. The van der Waals surface area contributed by atoms with Crippen LogP contribution in [0.4, 0.5) is 5.13 Å². The van der Waals surface area contributed by atoms with Gasteiger partial charge in [-0.05, 0) is 24.7 Å². The van der Waals surface area contributed by atoms with Crippen molar-refractivity contribution in [3.05, 3.63) is 10.6 Å². The largest absolute Gasteiger partial charge is 0.464 e. The Morgan fingerprint density at radius 2 is 1.95 bits per heavy atom. The first-order valence-corrected chi connectivity index (χ1v) is 8.10. The number of nitrogens with zero attached hydrogens (tertiary/aromatic N) is 2. The van der Waals surface area contributed by atoms with Crippen LogP contribution in [-0.2, 0) is 4.74 Å². The van der Waals surface area contributed by atoms with Gasteiger partial charge in [-0.25, -0.2) is 9.78 Å². The van der Waals surface area contributed by atoms with Crippen LogP contribution in [-0.4, -0.2) is 36.9 Å². The van der Waals surface area contributed by atoms with E-state index in [2.05, 4.69) is 23.7 Å². The van der Waals surface area contributed by atoms with E-state index in [0.29, 0.717) is 10.8 Å². The SMILES string of the molecule is COC(=O)c1nc(N2CCC(C(C)C)CC2)sc1C(C)=O. The fourth-order valence-electron chi connectivity index (χ4n) is 2.68. The molecule has 0 saturated carbocycles. The lowest BCUT2D eigenvalue weighted by Crippen LogP contribution is -2.35. The van der Waals surface area contributed by atoms with E-state index >= 15 is 0 Å². The standard InChI is InChI=1S/C15H22N2O3S/c1-9(2)11-5-7-17(8-6-11)15-16-12(14(19)20-4)13(21-15)10(3)18/h9,11H,5-8H2,1-4H3. The van der Waals surface area contributed by atoms with Gasteiger partial charge in [0, 0.05) is 20.0 Å². The number of rotatable bonds is 4. The predicted molar refractivity (Wildman–Crippen MR) is 83.2 cm³/mol. The molecule has 0 aliphatic carbocycles. The predicted octanol–water partition coefficient (Wildman–Crippen LogP) is 3.00. The molecule has 1 aromatic rings. The number of ketones is 1. The fourth-order valence-corrected chi connectivity index (χ4v) is 3.68. The van der Waals surface area contributed by atoms with Gasteiger partial charge in [0.15, 0.2) is 16.6 Å². The highest BCUT2D eigenvalue weighted by Crippen LogP contribution is 2.32. The maximum Gasteiger partial charge on any atom is 0.358 e. The van der Waals surface area contributed by atoms with Crippen molar-refractivity contribution in [3.8, 4) is 0 Å². The number of methoxy groups -OCH3 is 1. The normalized spacial score (nSPS) is 16.3.